The number of rotatable bonds is 3. The third-order valence-corrected chi connectivity index (χ3v) is 7.69. The monoisotopic (exact) mass is 411 g/mol. The number of para-hydroxylation sites is 1. The van der Waals surface area contributed by atoms with Gasteiger partial charge in [0.25, 0.3) is 0 Å². The zero-order chi connectivity index (χ0) is 20.4. The van der Waals surface area contributed by atoms with Crippen LogP contribution < -0.4 is 10.2 Å². The van der Waals surface area contributed by atoms with Crippen LogP contribution in [0.4, 0.5) is 10.5 Å². The number of anilines is 1. The van der Waals surface area contributed by atoms with Crippen molar-refractivity contribution in [2.45, 2.75) is 31.2 Å². The molecule has 2 heterocycles. The van der Waals surface area contributed by atoms with Crippen LogP contribution in [0.5, 0.6) is 0 Å². The van der Waals surface area contributed by atoms with Gasteiger partial charge in [-0.25, -0.2) is 4.79 Å². The first-order valence-corrected chi connectivity index (χ1v) is 11.2. The van der Waals surface area contributed by atoms with Crippen LogP contribution in [-0.2, 0) is 22.1 Å². The third-order valence-electron chi connectivity index (χ3n) is 5.75. The second kappa shape index (κ2) is 7.99. The first-order valence-electron chi connectivity index (χ1n) is 9.84. The highest BCUT2D eigenvalue weighted by Crippen LogP contribution is 2.40. The molecule has 2 fully saturated rings. The van der Waals surface area contributed by atoms with Crippen LogP contribution in [0.2, 0.25) is 0 Å². The Morgan fingerprint density at radius 1 is 1.07 bits per heavy atom. The molecule has 2 saturated heterocycles. The van der Waals surface area contributed by atoms with Crippen molar-refractivity contribution in [2.24, 2.45) is 0 Å². The van der Waals surface area contributed by atoms with Gasteiger partial charge in [0.05, 0.1) is 10.8 Å². The van der Waals surface area contributed by atoms with E-state index in [0.29, 0.717) is 32.5 Å². The molecule has 6 nitrogen and oxygen atoms in total. The lowest BCUT2D eigenvalue weighted by Gasteiger charge is -2.43. The van der Waals surface area contributed by atoms with Crippen molar-refractivity contribution in [3.63, 3.8) is 0 Å². The molecule has 1 atom stereocenters. The Labute approximate surface area is 173 Å². The molecule has 2 aliphatic rings. The van der Waals surface area contributed by atoms with E-state index in [1.807, 2.05) is 61.5 Å². The molecule has 3 amide bonds. The van der Waals surface area contributed by atoms with Crippen molar-refractivity contribution < 1.29 is 13.8 Å². The van der Waals surface area contributed by atoms with Gasteiger partial charge in [-0.05, 0) is 24.6 Å². The van der Waals surface area contributed by atoms with Crippen LogP contribution in [0, 0.1) is 6.92 Å². The van der Waals surface area contributed by atoms with Gasteiger partial charge < -0.3 is 10.2 Å². The molecule has 2 aromatic rings. The molecule has 1 N–H and O–H groups in total. The van der Waals surface area contributed by atoms with E-state index in [4.69, 9.17) is 0 Å². The maximum atomic E-state index is 12.9. The number of piperidine rings is 1. The number of carbonyl (C=O) groups is 2. The standard InChI is InChI=1S/C22H25N3O3S/c1-17-7-9-18(10-8-17)15-23-21(27)24-13-11-22(12-14-24)25(20(26)16-29(22)28)19-5-3-2-4-6-19/h2-10H,11-16H2,1H3,(H,23,27). The summed E-state index contributed by atoms with van der Waals surface area (Å²) in [6.07, 6.45) is 1.02. The quantitative estimate of drug-likeness (QED) is 0.844. The first kappa shape index (κ1) is 19.6. The van der Waals surface area contributed by atoms with Gasteiger partial charge in [-0.1, -0.05) is 48.0 Å². The largest absolute Gasteiger partial charge is 0.334 e. The number of aryl methyl sites for hydroxylation is 1. The normalized spacial score (nSPS) is 20.9. The molecule has 7 heteroatoms. The molecule has 0 radical (unpaired) electrons. The maximum absolute atomic E-state index is 12.9. The highest BCUT2D eigenvalue weighted by atomic mass is 32.2. The van der Waals surface area contributed by atoms with Crippen LogP contribution in [0.3, 0.4) is 0 Å². The van der Waals surface area contributed by atoms with Gasteiger partial charge in [-0.15, -0.1) is 0 Å². The van der Waals surface area contributed by atoms with Crippen LogP contribution in [0.15, 0.2) is 54.6 Å². The Morgan fingerprint density at radius 3 is 2.38 bits per heavy atom. The molecular weight excluding hydrogens is 386 g/mol. The van der Waals surface area contributed by atoms with E-state index in [9.17, 15) is 13.8 Å². The van der Waals surface area contributed by atoms with Gasteiger partial charge in [-0.2, -0.15) is 0 Å². The number of likely N-dealkylation sites (tertiary alicyclic amines) is 1. The minimum absolute atomic E-state index is 0.0501. The molecule has 152 valence electrons. The van der Waals surface area contributed by atoms with Crippen molar-refractivity contribution in [3.05, 3.63) is 65.7 Å². The Hall–Kier alpha value is -2.67. The molecule has 0 aliphatic carbocycles. The lowest BCUT2D eigenvalue weighted by molar-refractivity contribution is -0.116. The molecule has 0 bridgehead atoms. The van der Waals surface area contributed by atoms with Gasteiger partial charge in [0.1, 0.15) is 10.6 Å². The number of nitrogens with one attached hydrogen (secondary N) is 1. The second-order valence-corrected chi connectivity index (χ2v) is 9.37. The van der Waals surface area contributed by atoms with E-state index < -0.39 is 15.7 Å². The summed E-state index contributed by atoms with van der Waals surface area (Å²) in [5.74, 6) is -0.0547. The minimum atomic E-state index is -1.27. The number of hydrogen-bond donors (Lipinski definition) is 1. The fraction of sp³-hybridized carbons (Fsp3) is 0.364. The summed E-state index contributed by atoms with van der Waals surface area (Å²) in [6.45, 7) is 3.45. The summed E-state index contributed by atoms with van der Waals surface area (Å²) in [5.41, 5.74) is 3.01. The fourth-order valence-corrected chi connectivity index (χ4v) is 5.77. The maximum Gasteiger partial charge on any atom is 0.317 e. The summed E-state index contributed by atoms with van der Waals surface area (Å²) in [5, 5.41) is 2.96. The number of amides is 3. The Bertz CT molecular complexity index is 922. The van der Waals surface area contributed by atoms with Gasteiger partial charge in [-0.3, -0.25) is 13.9 Å². The predicted octanol–water partition coefficient (Wildman–Crippen LogP) is 2.79. The number of hydrogen-bond acceptors (Lipinski definition) is 3. The fourth-order valence-electron chi connectivity index (χ4n) is 4.10. The number of urea groups is 1. The lowest BCUT2D eigenvalue weighted by atomic mass is 10.0. The lowest BCUT2D eigenvalue weighted by Crippen LogP contribution is -2.57. The van der Waals surface area contributed by atoms with E-state index >= 15 is 0 Å². The second-order valence-electron chi connectivity index (χ2n) is 7.63. The van der Waals surface area contributed by atoms with Crippen LogP contribution in [0.1, 0.15) is 24.0 Å². The van der Waals surface area contributed by atoms with Crippen LogP contribution in [0.25, 0.3) is 0 Å². The molecule has 1 unspecified atom stereocenters. The Balaban J connectivity index is 1.42. The summed E-state index contributed by atoms with van der Waals surface area (Å²) >= 11 is 0. The molecule has 4 rings (SSSR count). The third kappa shape index (κ3) is 3.79. The van der Waals surface area contributed by atoms with Crippen LogP contribution in [-0.4, -0.2) is 44.8 Å². The summed E-state index contributed by atoms with van der Waals surface area (Å²) in [6, 6.07) is 17.4. The zero-order valence-corrected chi connectivity index (χ0v) is 17.3. The number of nitrogens with zero attached hydrogens (tertiary/aromatic N) is 2. The van der Waals surface area contributed by atoms with Gasteiger partial charge in [0.15, 0.2) is 0 Å². The highest BCUT2D eigenvalue weighted by Gasteiger charge is 2.53. The van der Waals surface area contributed by atoms with Gasteiger partial charge in [0.2, 0.25) is 5.91 Å². The molecule has 29 heavy (non-hydrogen) atoms. The molecule has 1 spiro atoms. The van der Waals surface area contributed by atoms with E-state index in [1.165, 1.54) is 5.56 Å². The summed E-state index contributed by atoms with van der Waals surface area (Å²) in [4.78, 5) is 27.9. The topological polar surface area (TPSA) is 69.7 Å². The van der Waals surface area contributed by atoms with E-state index in [1.54, 1.807) is 9.80 Å². The zero-order valence-electron chi connectivity index (χ0n) is 16.5. The molecule has 2 aliphatic heterocycles. The predicted molar refractivity (Wildman–Crippen MR) is 114 cm³/mol. The van der Waals surface area contributed by atoms with Crippen molar-refractivity contribution in [1.82, 2.24) is 10.2 Å². The van der Waals surface area contributed by atoms with Gasteiger partial charge >= 0.3 is 6.03 Å². The van der Waals surface area contributed by atoms with E-state index in [2.05, 4.69) is 5.32 Å². The first-order chi connectivity index (χ1) is 14.0. The SMILES string of the molecule is Cc1ccc(CNC(=O)N2CCC3(CC2)N(c2ccccc2)C(=O)CS3=O)cc1. The number of carbonyl (C=O) groups excluding carboxylic acids is 2. The van der Waals surface area contributed by atoms with Gasteiger partial charge in [0, 0.05) is 38.2 Å². The summed E-state index contributed by atoms with van der Waals surface area (Å²) in [7, 11) is -1.27. The van der Waals surface area contributed by atoms with Crippen molar-refractivity contribution in [2.75, 3.05) is 23.7 Å². The Kier molecular flexibility index (Phi) is 5.41. The highest BCUT2D eigenvalue weighted by molar-refractivity contribution is 7.88. The molecule has 2 aromatic carbocycles. The van der Waals surface area contributed by atoms with Crippen molar-refractivity contribution in [1.29, 1.82) is 0 Å². The number of benzene rings is 2. The average molecular weight is 412 g/mol. The van der Waals surface area contributed by atoms with Crippen molar-refractivity contribution >= 4 is 28.4 Å². The van der Waals surface area contributed by atoms with Crippen LogP contribution >= 0.6 is 0 Å². The molecule has 0 aromatic heterocycles. The molecular formula is C22H25N3O3S. The molecule has 0 saturated carbocycles. The van der Waals surface area contributed by atoms with E-state index in [0.717, 1.165) is 11.3 Å². The average Bonchev–Trinajstić information content (AvgIpc) is 2.97. The Morgan fingerprint density at radius 2 is 1.72 bits per heavy atom. The van der Waals surface area contributed by atoms with Crippen molar-refractivity contribution in [3.8, 4) is 0 Å². The summed E-state index contributed by atoms with van der Waals surface area (Å²) < 4.78 is 12.9. The smallest absolute Gasteiger partial charge is 0.317 e. The minimum Gasteiger partial charge on any atom is -0.334 e. The van der Waals surface area contributed by atoms with E-state index in [-0.39, 0.29) is 17.7 Å².